The smallest absolute Gasteiger partial charge is 0.00844 e. The van der Waals surface area contributed by atoms with Gasteiger partial charge in [0.05, 0.1) is 0 Å². The maximum atomic E-state index is 2.51. The van der Waals surface area contributed by atoms with Gasteiger partial charge in [-0.15, -0.1) is 0 Å². The molecule has 0 aromatic rings. The van der Waals surface area contributed by atoms with Crippen LogP contribution in [0.3, 0.4) is 0 Å². The Morgan fingerprint density at radius 3 is 1.75 bits per heavy atom. The molecule has 2 heterocycles. The van der Waals surface area contributed by atoms with E-state index in [1.165, 1.54) is 45.4 Å². The maximum Gasteiger partial charge on any atom is 0.00844 e. The molecule has 2 aliphatic rings. The molecule has 0 unspecified atom stereocenters. The standard InChI is InChI=1S/C10H20N2.2C2H6/c1-11-6-4-3-5-10(7-11)8-12(2)9-10;2*1-2/h3-9H2,1-2H3;2*1-2H3. The van der Waals surface area contributed by atoms with Gasteiger partial charge in [0.1, 0.15) is 0 Å². The first-order chi connectivity index (χ1) is 7.70. The summed E-state index contributed by atoms with van der Waals surface area (Å²) in [4.78, 5) is 4.96. The zero-order chi connectivity index (χ0) is 12.6. The van der Waals surface area contributed by atoms with Crippen molar-refractivity contribution >= 4 is 0 Å². The minimum absolute atomic E-state index is 0.681. The molecule has 0 bridgehead atoms. The van der Waals surface area contributed by atoms with Crippen molar-refractivity contribution in [2.75, 3.05) is 40.3 Å². The Hall–Kier alpha value is -0.0800. The Balaban J connectivity index is 0.000000509. The number of rotatable bonds is 0. The topological polar surface area (TPSA) is 6.48 Å². The minimum Gasteiger partial charge on any atom is -0.306 e. The van der Waals surface area contributed by atoms with Crippen molar-refractivity contribution in [1.82, 2.24) is 9.80 Å². The maximum absolute atomic E-state index is 2.51. The van der Waals surface area contributed by atoms with Crippen LogP contribution in [0, 0.1) is 5.41 Å². The van der Waals surface area contributed by atoms with Gasteiger partial charge in [-0.25, -0.2) is 0 Å². The average Bonchev–Trinajstić information content (AvgIpc) is 2.46. The Kier molecular flexibility index (Phi) is 8.04. The molecule has 0 aliphatic carbocycles. The van der Waals surface area contributed by atoms with Crippen molar-refractivity contribution in [2.45, 2.75) is 47.0 Å². The van der Waals surface area contributed by atoms with Gasteiger partial charge in [0.25, 0.3) is 0 Å². The van der Waals surface area contributed by atoms with Crippen molar-refractivity contribution in [2.24, 2.45) is 5.41 Å². The molecule has 2 rings (SSSR count). The van der Waals surface area contributed by atoms with E-state index < -0.39 is 0 Å². The second-order valence-electron chi connectivity index (χ2n) is 4.87. The molecule has 2 fully saturated rings. The molecule has 2 nitrogen and oxygen atoms in total. The van der Waals surface area contributed by atoms with Crippen LogP contribution in [0.2, 0.25) is 0 Å². The lowest BCUT2D eigenvalue weighted by Gasteiger charge is -2.49. The summed E-state index contributed by atoms with van der Waals surface area (Å²) < 4.78 is 0. The second-order valence-corrected chi connectivity index (χ2v) is 4.87. The van der Waals surface area contributed by atoms with E-state index in [4.69, 9.17) is 0 Å². The summed E-state index contributed by atoms with van der Waals surface area (Å²) in [5.74, 6) is 0. The van der Waals surface area contributed by atoms with E-state index in [0.29, 0.717) is 5.41 Å². The first-order valence-corrected chi connectivity index (χ1v) is 7.07. The van der Waals surface area contributed by atoms with Gasteiger partial charge in [0.15, 0.2) is 0 Å². The highest BCUT2D eigenvalue weighted by atomic mass is 15.2. The van der Waals surface area contributed by atoms with Crippen LogP contribution in [0.4, 0.5) is 0 Å². The van der Waals surface area contributed by atoms with Crippen LogP contribution in [0.25, 0.3) is 0 Å². The van der Waals surface area contributed by atoms with Gasteiger partial charge in [-0.1, -0.05) is 34.1 Å². The third kappa shape index (κ3) is 4.42. The molecular weight excluding hydrogens is 196 g/mol. The molecule has 2 saturated heterocycles. The predicted octanol–water partition coefficient (Wildman–Crippen LogP) is 3.09. The first kappa shape index (κ1) is 15.9. The Morgan fingerprint density at radius 2 is 1.25 bits per heavy atom. The molecule has 16 heavy (non-hydrogen) atoms. The van der Waals surface area contributed by atoms with Gasteiger partial charge in [-0.05, 0) is 33.5 Å². The van der Waals surface area contributed by atoms with Gasteiger partial charge in [0, 0.05) is 25.0 Å². The normalized spacial score (nSPS) is 24.4. The van der Waals surface area contributed by atoms with E-state index in [2.05, 4.69) is 23.9 Å². The molecular formula is C14H32N2. The third-order valence-electron chi connectivity index (χ3n) is 3.31. The van der Waals surface area contributed by atoms with Crippen molar-refractivity contribution in [3.8, 4) is 0 Å². The van der Waals surface area contributed by atoms with E-state index >= 15 is 0 Å². The fourth-order valence-corrected chi connectivity index (χ4v) is 2.97. The average molecular weight is 228 g/mol. The van der Waals surface area contributed by atoms with E-state index in [9.17, 15) is 0 Å². The van der Waals surface area contributed by atoms with Crippen molar-refractivity contribution < 1.29 is 0 Å². The van der Waals surface area contributed by atoms with Gasteiger partial charge in [0.2, 0.25) is 0 Å². The highest BCUT2D eigenvalue weighted by Gasteiger charge is 2.41. The Bertz CT molecular complexity index is 162. The Labute approximate surface area is 103 Å². The van der Waals surface area contributed by atoms with E-state index in [0.717, 1.165) is 0 Å². The second kappa shape index (κ2) is 8.08. The van der Waals surface area contributed by atoms with Crippen molar-refractivity contribution in [3.05, 3.63) is 0 Å². The zero-order valence-electron chi connectivity index (χ0n) is 12.3. The highest BCUT2D eigenvalue weighted by Crippen LogP contribution is 2.36. The van der Waals surface area contributed by atoms with Gasteiger partial charge in [-0.2, -0.15) is 0 Å². The predicted molar refractivity (Wildman–Crippen MR) is 74.0 cm³/mol. The van der Waals surface area contributed by atoms with Gasteiger partial charge < -0.3 is 9.80 Å². The lowest BCUT2D eigenvalue weighted by Crippen LogP contribution is -2.58. The van der Waals surface area contributed by atoms with E-state index in [1.807, 2.05) is 27.7 Å². The fraction of sp³-hybridized carbons (Fsp3) is 1.00. The summed E-state index contributed by atoms with van der Waals surface area (Å²) in [5, 5.41) is 0. The monoisotopic (exact) mass is 228 g/mol. The van der Waals surface area contributed by atoms with Crippen molar-refractivity contribution in [1.29, 1.82) is 0 Å². The SMILES string of the molecule is CC.CC.CN1CCCCC2(C1)CN(C)C2. The van der Waals surface area contributed by atoms with Crippen LogP contribution in [-0.2, 0) is 0 Å². The number of hydrogen-bond donors (Lipinski definition) is 0. The summed E-state index contributed by atoms with van der Waals surface area (Å²) in [5.41, 5.74) is 0.681. The number of hydrogen-bond acceptors (Lipinski definition) is 2. The largest absolute Gasteiger partial charge is 0.306 e. The summed E-state index contributed by atoms with van der Waals surface area (Å²) in [6, 6.07) is 0. The summed E-state index contributed by atoms with van der Waals surface area (Å²) in [6.07, 6.45) is 4.31. The molecule has 0 amide bonds. The minimum atomic E-state index is 0.681. The van der Waals surface area contributed by atoms with Crippen LogP contribution < -0.4 is 0 Å². The lowest BCUT2D eigenvalue weighted by atomic mass is 9.76. The highest BCUT2D eigenvalue weighted by molar-refractivity contribution is 4.96. The number of nitrogens with zero attached hydrogens (tertiary/aromatic N) is 2. The van der Waals surface area contributed by atoms with Crippen LogP contribution in [0.5, 0.6) is 0 Å². The van der Waals surface area contributed by atoms with E-state index in [1.54, 1.807) is 0 Å². The molecule has 0 aromatic heterocycles. The molecule has 0 N–H and O–H groups in total. The molecule has 0 aromatic carbocycles. The van der Waals surface area contributed by atoms with Crippen LogP contribution in [-0.4, -0.2) is 50.1 Å². The molecule has 98 valence electrons. The summed E-state index contributed by atoms with van der Waals surface area (Å²) in [7, 11) is 4.50. The quantitative estimate of drug-likeness (QED) is 0.629. The van der Waals surface area contributed by atoms with Gasteiger partial charge >= 0.3 is 0 Å². The summed E-state index contributed by atoms with van der Waals surface area (Å²) in [6.45, 7) is 13.3. The molecule has 1 spiro atoms. The molecule has 0 radical (unpaired) electrons. The van der Waals surface area contributed by atoms with Crippen LogP contribution in [0.15, 0.2) is 0 Å². The molecule has 2 aliphatic heterocycles. The molecule has 2 heteroatoms. The zero-order valence-corrected chi connectivity index (χ0v) is 12.3. The summed E-state index contributed by atoms with van der Waals surface area (Å²) >= 11 is 0. The van der Waals surface area contributed by atoms with Crippen molar-refractivity contribution in [3.63, 3.8) is 0 Å². The van der Waals surface area contributed by atoms with Crippen LogP contribution in [0.1, 0.15) is 47.0 Å². The first-order valence-electron chi connectivity index (χ1n) is 7.07. The number of likely N-dealkylation sites (tertiary alicyclic amines) is 2. The fourth-order valence-electron chi connectivity index (χ4n) is 2.97. The Morgan fingerprint density at radius 1 is 0.750 bits per heavy atom. The van der Waals surface area contributed by atoms with Gasteiger partial charge in [-0.3, -0.25) is 0 Å². The van der Waals surface area contributed by atoms with Crippen LogP contribution >= 0.6 is 0 Å². The molecule has 0 saturated carbocycles. The third-order valence-corrected chi connectivity index (χ3v) is 3.31. The van der Waals surface area contributed by atoms with E-state index in [-0.39, 0.29) is 0 Å². The lowest BCUT2D eigenvalue weighted by molar-refractivity contribution is -0.00180. The molecule has 0 atom stereocenters.